The van der Waals surface area contributed by atoms with Crippen LogP contribution in [0, 0.1) is 5.82 Å². The van der Waals surface area contributed by atoms with E-state index in [0.29, 0.717) is 28.0 Å². The lowest BCUT2D eigenvalue weighted by Crippen LogP contribution is -1.98. The molecule has 3 aromatic rings. The Kier molecular flexibility index (Phi) is 6.70. The SMILES string of the molecule is COc1cc(-c2ccc(O)cc2)c(OC)c(O)c1-c1ccc(OCC=C(C)C)c(F)c1. The lowest BCUT2D eigenvalue weighted by atomic mass is 9.96. The van der Waals surface area contributed by atoms with E-state index in [1.165, 1.54) is 38.5 Å². The zero-order valence-corrected chi connectivity index (χ0v) is 17.9. The molecule has 162 valence electrons. The predicted molar refractivity (Wildman–Crippen MR) is 119 cm³/mol. The highest BCUT2D eigenvalue weighted by atomic mass is 19.1. The summed E-state index contributed by atoms with van der Waals surface area (Å²) in [6, 6.07) is 12.6. The molecule has 0 bridgehead atoms. The number of rotatable bonds is 7. The summed E-state index contributed by atoms with van der Waals surface area (Å²) >= 11 is 0. The highest BCUT2D eigenvalue weighted by Gasteiger charge is 2.22. The number of benzene rings is 3. The molecule has 2 N–H and O–H groups in total. The van der Waals surface area contributed by atoms with E-state index in [-0.39, 0.29) is 29.6 Å². The van der Waals surface area contributed by atoms with Crippen molar-refractivity contribution < 1.29 is 28.8 Å². The van der Waals surface area contributed by atoms with Gasteiger partial charge >= 0.3 is 0 Å². The Balaban J connectivity index is 2.08. The van der Waals surface area contributed by atoms with Crippen LogP contribution in [-0.4, -0.2) is 31.0 Å². The molecule has 0 atom stereocenters. The van der Waals surface area contributed by atoms with Gasteiger partial charge in [0.05, 0.1) is 19.8 Å². The normalized spacial score (nSPS) is 10.5. The molecular formula is C25H25FO5. The van der Waals surface area contributed by atoms with Gasteiger partial charge in [-0.3, -0.25) is 0 Å². The molecule has 0 aliphatic carbocycles. The maximum absolute atomic E-state index is 14.7. The Morgan fingerprint density at radius 3 is 2.16 bits per heavy atom. The Labute approximate surface area is 181 Å². The fraction of sp³-hybridized carbons (Fsp3) is 0.200. The molecule has 0 saturated carbocycles. The van der Waals surface area contributed by atoms with Gasteiger partial charge in [-0.1, -0.05) is 23.8 Å². The summed E-state index contributed by atoms with van der Waals surface area (Å²) in [6.07, 6.45) is 1.86. The Morgan fingerprint density at radius 2 is 1.58 bits per heavy atom. The minimum absolute atomic E-state index is 0.118. The van der Waals surface area contributed by atoms with E-state index in [1.54, 1.807) is 24.3 Å². The van der Waals surface area contributed by atoms with E-state index in [0.717, 1.165) is 5.57 Å². The smallest absolute Gasteiger partial charge is 0.170 e. The van der Waals surface area contributed by atoms with Crippen molar-refractivity contribution in [3.05, 3.63) is 66.0 Å². The topological polar surface area (TPSA) is 68.2 Å². The van der Waals surface area contributed by atoms with Crippen LogP contribution in [0.4, 0.5) is 4.39 Å². The zero-order chi connectivity index (χ0) is 22.5. The molecule has 0 fully saturated rings. The number of hydrogen-bond donors (Lipinski definition) is 2. The molecule has 0 radical (unpaired) electrons. The molecule has 0 amide bonds. The summed E-state index contributed by atoms with van der Waals surface area (Å²) in [6.45, 7) is 4.14. The first-order chi connectivity index (χ1) is 14.8. The van der Waals surface area contributed by atoms with Gasteiger partial charge in [0.2, 0.25) is 0 Å². The third kappa shape index (κ3) is 4.74. The summed E-state index contributed by atoms with van der Waals surface area (Å²) in [5, 5.41) is 20.6. The van der Waals surface area contributed by atoms with Crippen LogP contribution in [0.1, 0.15) is 13.8 Å². The fourth-order valence-corrected chi connectivity index (χ4v) is 3.20. The Bertz CT molecular complexity index is 1100. The van der Waals surface area contributed by atoms with Crippen molar-refractivity contribution in [2.75, 3.05) is 20.8 Å². The summed E-state index contributed by atoms with van der Waals surface area (Å²) in [7, 11) is 2.91. The summed E-state index contributed by atoms with van der Waals surface area (Å²) in [5.41, 5.74) is 3.08. The lowest BCUT2D eigenvalue weighted by Gasteiger charge is -2.18. The molecule has 3 aromatic carbocycles. The molecule has 0 heterocycles. The van der Waals surface area contributed by atoms with Crippen molar-refractivity contribution in [2.45, 2.75) is 13.8 Å². The van der Waals surface area contributed by atoms with Crippen molar-refractivity contribution in [3.8, 4) is 51.0 Å². The van der Waals surface area contributed by atoms with Crippen molar-refractivity contribution >= 4 is 0 Å². The molecule has 0 saturated heterocycles. The van der Waals surface area contributed by atoms with E-state index >= 15 is 0 Å². The van der Waals surface area contributed by atoms with Gasteiger partial charge < -0.3 is 24.4 Å². The van der Waals surface area contributed by atoms with Crippen LogP contribution in [-0.2, 0) is 0 Å². The molecule has 0 spiro atoms. The fourth-order valence-electron chi connectivity index (χ4n) is 3.20. The quantitative estimate of drug-likeness (QED) is 0.460. The molecule has 0 aliphatic heterocycles. The number of halogens is 1. The van der Waals surface area contributed by atoms with Crippen LogP contribution in [0.15, 0.2) is 60.2 Å². The lowest BCUT2D eigenvalue weighted by molar-refractivity contribution is 0.341. The largest absolute Gasteiger partial charge is 0.508 e. The molecule has 5 nitrogen and oxygen atoms in total. The number of phenolic OH excluding ortho intramolecular Hbond substituents is 2. The standard InChI is InChI=1S/C25H25FO5/c1-15(2)11-12-31-21-10-7-17(13-20(21)26)23-22(29-3)14-19(25(30-4)24(23)28)16-5-8-18(27)9-6-16/h5-11,13-14,27-28H,12H2,1-4H3. The molecule has 0 aromatic heterocycles. The first kappa shape index (κ1) is 22.0. The second-order valence-electron chi connectivity index (χ2n) is 7.17. The van der Waals surface area contributed by atoms with Crippen LogP contribution in [0.25, 0.3) is 22.3 Å². The van der Waals surface area contributed by atoms with Crippen molar-refractivity contribution in [1.82, 2.24) is 0 Å². The van der Waals surface area contributed by atoms with Crippen LogP contribution in [0.5, 0.6) is 28.7 Å². The summed E-state index contributed by atoms with van der Waals surface area (Å²) in [4.78, 5) is 0. The zero-order valence-electron chi connectivity index (χ0n) is 17.9. The van der Waals surface area contributed by atoms with E-state index in [9.17, 15) is 14.6 Å². The number of hydrogen-bond acceptors (Lipinski definition) is 5. The minimum atomic E-state index is -0.553. The van der Waals surface area contributed by atoms with Crippen LogP contribution in [0.3, 0.4) is 0 Å². The number of aromatic hydroxyl groups is 2. The third-order valence-corrected chi connectivity index (χ3v) is 4.77. The second kappa shape index (κ2) is 9.43. The highest BCUT2D eigenvalue weighted by molar-refractivity contribution is 5.87. The van der Waals surface area contributed by atoms with Gasteiger partial charge in [0.1, 0.15) is 18.1 Å². The average molecular weight is 424 g/mol. The predicted octanol–water partition coefficient (Wildman–Crippen LogP) is 5.93. The monoisotopic (exact) mass is 424 g/mol. The average Bonchev–Trinajstić information content (AvgIpc) is 2.74. The number of methoxy groups -OCH3 is 2. The summed E-state index contributed by atoms with van der Waals surface area (Å²) < 4.78 is 31.1. The third-order valence-electron chi connectivity index (χ3n) is 4.77. The maximum atomic E-state index is 14.7. The maximum Gasteiger partial charge on any atom is 0.170 e. The first-order valence-corrected chi connectivity index (χ1v) is 9.69. The van der Waals surface area contributed by atoms with Crippen molar-refractivity contribution in [2.24, 2.45) is 0 Å². The molecule has 0 aliphatic rings. The van der Waals surface area contributed by atoms with E-state index in [1.807, 2.05) is 19.9 Å². The van der Waals surface area contributed by atoms with Crippen molar-refractivity contribution in [1.29, 1.82) is 0 Å². The van der Waals surface area contributed by atoms with Gasteiger partial charge in [0.25, 0.3) is 0 Å². The Hall–Kier alpha value is -3.67. The van der Waals surface area contributed by atoms with E-state index in [4.69, 9.17) is 14.2 Å². The van der Waals surface area contributed by atoms with E-state index < -0.39 is 5.82 Å². The molecular weight excluding hydrogens is 399 g/mol. The van der Waals surface area contributed by atoms with E-state index in [2.05, 4.69) is 0 Å². The second-order valence-corrected chi connectivity index (χ2v) is 7.17. The molecule has 31 heavy (non-hydrogen) atoms. The van der Waals surface area contributed by atoms with Gasteiger partial charge in [-0.2, -0.15) is 0 Å². The Morgan fingerprint density at radius 1 is 0.903 bits per heavy atom. The van der Waals surface area contributed by atoms with Gasteiger partial charge in [-0.15, -0.1) is 0 Å². The van der Waals surface area contributed by atoms with Gasteiger partial charge in [0, 0.05) is 5.56 Å². The first-order valence-electron chi connectivity index (χ1n) is 9.69. The van der Waals surface area contributed by atoms with Gasteiger partial charge in [0.15, 0.2) is 23.1 Å². The van der Waals surface area contributed by atoms with Crippen LogP contribution < -0.4 is 14.2 Å². The van der Waals surface area contributed by atoms with Crippen molar-refractivity contribution in [3.63, 3.8) is 0 Å². The minimum Gasteiger partial charge on any atom is -0.508 e. The molecule has 0 unspecified atom stereocenters. The van der Waals surface area contributed by atoms with Gasteiger partial charge in [-0.05, 0) is 61.4 Å². The molecule has 6 heteroatoms. The number of ether oxygens (including phenoxy) is 3. The highest BCUT2D eigenvalue weighted by Crippen LogP contribution is 2.49. The number of phenols is 2. The van der Waals surface area contributed by atoms with Gasteiger partial charge in [-0.25, -0.2) is 4.39 Å². The summed E-state index contributed by atoms with van der Waals surface area (Å²) in [5.74, 6) is 0.0697. The number of allylic oxidation sites excluding steroid dienone is 1. The van der Waals surface area contributed by atoms with Crippen LogP contribution in [0.2, 0.25) is 0 Å². The van der Waals surface area contributed by atoms with Crippen LogP contribution >= 0.6 is 0 Å². The molecule has 3 rings (SSSR count).